The topological polar surface area (TPSA) is 26.3 Å². The Bertz CT molecular complexity index is 130. The van der Waals surface area contributed by atoms with Gasteiger partial charge in [-0.25, -0.2) is 0 Å². The zero-order valence-electron chi connectivity index (χ0n) is 4.59. The fourth-order valence-electron chi connectivity index (χ4n) is 1.38. The van der Waals surface area contributed by atoms with Crippen molar-refractivity contribution in [2.45, 2.75) is 12.8 Å². The molecular weight excluding hydrogens is 104 g/mol. The monoisotopic (exact) mass is 112 g/mol. The van der Waals surface area contributed by atoms with Crippen molar-refractivity contribution >= 4 is 5.97 Å². The summed E-state index contributed by atoms with van der Waals surface area (Å²) < 4.78 is 4.80. The first-order valence-electron chi connectivity index (χ1n) is 3.04. The Morgan fingerprint density at radius 2 is 2.38 bits per heavy atom. The molecule has 0 aromatic rings. The predicted octanol–water partition coefficient (Wildman–Crippen LogP) is 0.569. The first-order valence-corrected chi connectivity index (χ1v) is 3.04. The van der Waals surface area contributed by atoms with Crippen LogP contribution in [0.4, 0.5) is 0 Å². The number of hydrogen-bond donors (Lipinski definition) is 0. The molecule has 2 fully saturated rings. The molecule has 2 heteroatoms. The van der Waals surface area contributed by atoms with Crippen LogP contribution in [0, 0.1) is 11.8 Å². The van der Waals surface area contributed by atoms with E-state index in [2.05, 4.69) is 0 Å². The van der Waals surface area contributed by atoms with Gasteiger partial charge in [-0.2, -0.15) is 0 Å². The van der Waals surface area contributed by atoms with Crippen molar-refractivity contribution in [3.05, 3.63) is 0 Å². The molecule has 2 atom stereocenters. The molecule has 0 amide bonds. The van der Waals surface area contributed by atoms with Gasteiger partial charge < -0.3 is 4.74 Å². The Morgan fingerprint density at radius 1 is 1.50 bits per heavy atom. The predicted molar refractivity (Wildman–Crippen MR) is 27.2 cm³/mol. The summed E-state index contributed by atoms with van der Waals surface area (Å²) in [6, 6.07) is 0. The third-order valence-electron chi connectivity index (χ3n) is 2.16. The molecule has 2 nitrogen and oxygen atoms in total. The smallest absolute Gasteiger partial charge is 0.309 e. The first-order chi connectivity index (χ1) is 3.88. The van der Waals surface area contributed by atoms with E-state index in [9.17, 15) is 4.79 Å². The first kappa shape index (κ1) is 4.36. The van der Waals surface area contributed by atoms with Gasteiger partial charge in [-0.3, -0.25) is 4.79 Å². The molecule has 0 unspecified atom stereocenters. The minimum Gasteiger partial charge on any atom is -0.465 e. The van der Waals surface area contributed by atoms with Crippen LogP contribution in [0.25, 0.3) is 0 Å². The van der Waals surface area contributed by atoms with Crippen LogP contribution in [0.5, 0.6) is 0 Å². The van der Waals surface area contributed by atoms with Crippen LogP contribution in [0.2, 0.25) is 0 Å². The summed E-state index contributed by atoms with van der Waals surface area (Å²) in [5.41, 5.74) is 0. The minimum absolute atomic E-state index is 0.0428. The molecule has 0 spiro atoms. The zero-order chi connectivity index (χ0) is 5.56. The van der Waals surface area contributed by atoms with Crippen LogP contribution in [0.1, 0.15) is 12.8 Å². The Balaban J connectivity index is 2.15. The Kier molecular flexibility index (Phi) is 0.678. The normalized spacial score (nSPS) is 42.8. The highest BCUT2D eigenvalue weighted by atomic mass is 16.5. The van der Waals surface area contributed by atoms with E-state index in [1.54, 1.807) is 0 Å². The minimum atomic E-state index is 0.0428. The molecule has 1 aliphatic heterocycles. The second-order valence-corrected chi connectivity index (χ2v) is 2.57. The van der Waals surface area contributed by atoms with Crippen molar-refractivity contribution in [2.24, 2.45) is 11.8 Å². The lowest BCUT2D eigenvalue weighted by Crippen LogP contribution is -2.25. The number of fused-ring (bicyclic) bond motifs is 1. The van der Waals surface area contributed by atoms with Gasteiger partial charge in [0.25, 0.3) is 0 Å². The number of carbonyl (C=O) groups excluding carboxylic acids is 1. The second kappa shape index (κ2) is 1.24. The highest BCUT2D eigenvalue weighted by molar-refractivity contribution is 5.75. The molecule has 1 aliphatic carbocycles. The summed E-state index contributed by atoms with van der Waals surface area (Å²) >= 11 is 0. The lowest BCUT2D eigenvalue weighted by Gasteiger charge is -2.23. The third-order valence-corrected chi connectivity index (χ3v) is 2.16. The maximum Gasteiger partial charge on any atom is 0.309 e. The summed E-state index contributed by atoms with van der Waals surface area (Å²) in [5.74, 6) is 0.943. The molecule has 1 saturated carbocycles. The number of rotatable bonds is 0. The van der Waals surface area contributed by atoms with Gasteiger partial charge >= 0.3 is 5.97 Å². The van der Waals surface area contributed by atoms with Crippen LogP contribution in [-0.4, -0.2) is 12.6 Å². The van der Waals surface area contributed by atoms with Crippen molar-refractivity contribution < 1.29 is 9.53 Å². The SMILES string of the molecule is O=C1OC[C@H]2CC[C@@H]12. The summed E-state index contributed by atoms with van der Waals surface area (Å²) in [5, 5.41) is 0. The molecule has 2 aliphatic rings. The van der Waals surface area contributed by atoms with Gasteiger partial charge in [0.05, 0.1) is 12.5 Å². The van der Waals surface area contributed by atoms with E-state index in [4.69, 9.17) is 4.74 Å². The van der Waals surface area contributed by atoms with E-state index in [1.807, 2.05) is 0 Å². The standard InChI is InChI=1S/C6H8O2/c7-6-5-2-1-4(5)3-8-6/h4-5H,1-3H2/t4-,5-/m1/s1. The van der Waals surface area contributed by atoms with Gasteiger partial charge in [0, 0.05) is 5.92 Å². The molecule has 1 saturated heterocycles. The molecule has 0 radical (unpaired) electrons. The van der Waals surface area contributed by atoms with Crippen LogP contribution >= 0.6 is 0 Å². The van der Waals surface area contributed by atoms with Crippen LogP contribution in [0.15, 0.2) is 0 Å². The van der Waals surface area contributed by atoms with Crippen molar-refractivity contribution in [3.8, 4) is 0 Å². The fourth-order valence-corrected chi connectivity index (χ4v) is 1.38. The quantitative estimate of drug-likeness (QED) is 0.428. The van der Waals surface area contributed by atoms with Crippen molar-refractivity contribution in [1.29, 1.82) is 0 Å². The highest BCUT2D eigenvalue weighted by Gasteiger charge is 2.43. The van der Waals surface area contributed by atoms with Crippen LogP contribution < -0.4 is 0 Å². The molecule has 2 rings (SSSR count). The number of ether oxygens (including phenoxy) is 1. The summed E-state index contributed by atoms with van der Waals surface area (Å²) in [4.78, 5) is 10.6. The Labute approximate surface area is 47.8 Å². The Morgan fingerprint density at radius 3 is 2.62 bits per heavy atom. The maximum atomic E-state index is 10.6. The largest absolute Gasteiger partial charge is 0.465 e. The van der Waals surface area contributed by atoms with E-state index >= 15 is 0 Å². The number of cyclic esters (lactones) is 1. The highest BCUT2D eigenvalue weighted by Crippen LogP contribution is 2.39. The summed E-state index contributed by atoms with van der Waals surface area (Å²) in [7, 11) is 0. The molecular formula is C6H8O2. The maximum absolute atomic E-state index is 10.6. The zero-order valence-corrected chi connectivity index (χ0v) is 4.59. The second-order valence-electron chi connectivity index (χ2n) is 2.57. The molecule has 0 aromatic carbocycles. The summed E-state index contributed by atoms with van der Waals surface area (Å²) in [6.45, 7) is 0.698. The molecule has 1 heterocycles. The lowest BCUT2D eigenvalue weighted by atomic mass is 9.76. The third kappa shape index (κ3) is 0.358. The number of esters is 1. The van der Waals surface area contributed by atoms with Gasteiger partial charge in [0.1, 0.15) is 0 Å². The van der Waals surface area contributed by atoms with Gasteiger partial charge in [-0.15, -0.1) is 0 Å². The lowest BCUT2D eigenvalue weighted by molar-refractivity contribution is -0.142. The van der Waals surface area contributed by atoms with E-state index in [0.717, 1.165) is 6.42 Å². The fraction of sp³-hybridized carbons (Fsp3) is 0.833. The van der Waals surface area contributed by atoms with E-state index in [-0.39, 0.29) is 5.97 Å². The van der Waals surface area contributed by atoms with Crippen molar-refractivity contribution in [1.82, 2.24) is 0 Å². The van der Waals surface area contributed by atoms with Gasteiger partial charge in [0.2, 0.25) is 0 Å². The summed E-state index contributed by atoms with van der Waals surface area (Å²) in [6.07, 6.45) is 2.28. The van der Waals surface area contributed by atoms with Gasteiger partial charge in [-0.1, -0.05) is 0 Å². The molecule has 44 valence electrons. The van der Waals surface area contributed by atoms with Crippen LogP contribution in [-0.2, 0) is 9.53 Å². The molecule has 8 heavy (non-hydrogen) atoms. The number of carbonyl (C=O) groups is 1. The van der Waals surface area contributed by atoms with Gasteiger partial charge in [-0.05, 0) is 12.8 Å². The van der Waals surface area contributed by atoms with Crippen molar-refractivity contribution in [2.75, 3.05) is 6.61 Å². The van der Waals surface area contributed by atoms with Crippen molar-refractivity contribution in [3.63, 3.8) is 0 Å². The average Bonchev–Trinajstić information content (AvgIpc) is 1.80. The van der Waals surface area contributed by atoms with Crippen LogP contribution in [0.3, 0.4) is 0 Å². The average molecular weight is 112 g/mol. The molecule has 0 N–H and O–H groups in total. The Hall–Kier alpha value is -0.530. The molecule has 0 aromatic heterocycles. The number of hydrogen-bond acceptors (Lipinski definition) is 2. The molecule has 0 bridgehead atoms. The van der Waals surface area contributed by atoms with E-state index < -0.39 is 0 Å². The van der Waals surface area contributed by atoms with E-state index in [1.165, 1.54) is 6.42 Å². The van der Waals surface area contributed by atoms with Gasteiger partial charge in [0.15, 0.2) is 0 Å². The van der Waals surface area contributed by atoms with E-state index in [0.29, 0.717) is 18.4 Å².